The first kappa shape index (κ1) is 13.5. The average Bonchev–Trinajstić information content (AvgIpc) is 3.16. The molecule has 1 amide bonds. The molecule has 110 valence electrons. The second kappa shape index (κ2) is 5.49. The molecule has 1 aliphatic rings. The molecule has 0 saturated carbocycles. The van der Waals surface area contributed by atoms with Gasteiger partial charge in [-0.2, -0.15) is 4.68 Å². The molecule has 8 heteroatoms. The van der Waals surface area contributed by atoms with Gasteiger partial charge < -0.3 is 9.64 Å². The van der Waals surface area contributed by atoms with Gasteiger partial charge in [0.1, 0.15) is 0 Å². The number of hydrogen-bond donors (Lipinski definition) is 0. The van der Waals surface area contributed by atoms with Crippen molar-refractivity contribution in [2.24, 2.45) is 0 Å². The second-order valence-corrected chi connectivity index (χ2v) is 4.83. The average molecular weight is 289 g/mol. The minimum Gasteiger partial charge on any atom is -0.379 e. The Morgan fingerprint density at radius 3 is 2.76 bits per heavy atom. The number of likely N-dealkylation sites (N-methyl/N-ethyl adjacent to an activating group) is 1. The quantitative estimate of drug-likeness (QED) is 0.733. The summed E-state index contributed by atoms with van der Waals surface area (Å²) in [6.07, 6.45) is 0.754. The Hall–Kier alpha value is -2.48. The number of nitrogens with zero attached hydrogens (tertiary/aromatic N) is 5. The second-order valence-electron chi connectivity index (χ2n) is 4.83. The monoisotopic (exact) mass is 289 g/mol. The van der Waals surface area contributed by atoms with Crippen molar-refractivity contribution in [2.75, 3.05) is 20.3 Å². The molecule has 3 rings (SSSR count). The summed E-state index contributed by atoms with van der Waals surface area (Å²) < 4.78 is 7.11. The molecule has 0 radical (unpaired) electrons. The zero-order valence-corrected chi connectivity index (χ0v) is 11.5. The molecule has 2 heterocycles. The lowest BCUT2D eigenvalue weighted by molar-refractivity contribution is 0.156. The number of hydrogen-bond acceptors (Lipinski definition) is 5. The van der Waals surface area contributed by atoms with Gasteiger partial charge in [-0.25, -0.2) is 9.59 Å². The normalized spacial score (nSPS) is 17.9. The van der Waals surface area contributed by atoms with Crippen molar-refractivity contribution in [3.63, 3.8) is 0 Å². The molecule has 1 saturated heterocycles. The van der Waals surface area contributed by atoms with Crippen molar-refractivity contribution in [1.29, 1.82) is 0 Å². The molecule has 1 aromatic heterocycles. The summed E-state index contributed by atoms with van der Waals surface area (Å²) in [6, 6.07) is 8.30. The fourth-order valence-corrected chi connectivity index (χ4v) is 2.23. The Morgan fingerprint density at radius 1 is 1.33 bits per heavy atom. The first-order chi connectivity index (χ1) is 10.2. The highest BCUT2D eigenvalue weighted by Gasteiger charge is 2.27. The van der Waals surface area contributed by atoms with Gasteiger partial charge in [-0.3, -0.25) is 0 Å². The van der Waals surface area contributed by atoms with Crippen LogP contribution in [-0.4, -0.2) is 57.0 Å². The third kappa shape index (κ3) is 2.45. The molecular formula is C13H15N5O3. The van der Waals surface area contributed by atoms with Crippen LogP contribution < -0.4 is 5.69 Å². The molecule has 1 aliphatic heterocycles. The number of carbonyl (C=O) groups excluding carboxylic acids is 1. The topological polar surface area (TPSA) is 82.3 Å². The minimum absolute atomic E-state index is 0.0359. The van der Waals surface area contributed by atoms with E-state index in [0.717, 1.165) is 15.8 Å². The number of tetrazole rings is 1. The maximum absolute atomic E-state index is 12.3. The summed E-state index contributed by atoms with van der Waals surface area (Å²) in [5.74, 6) is 0. The van der Waals surface area contributed by atoms with Crippen LogP contribution in [0.4, 0.5) is 4.79 Å². The first-order valence-corrected chi connectivity index (χ1v) is 6.64. The van der Waals surface area contributed by atoms with Crippen LogP contribution in [-0.2, 0) is 4.74 Å². The Bertz CT molecular complexity index is 687. The van der Waals surface area contributed by atoms with Crippen LogP contribution in [0.25, 0.3) is 5.69 Å². The molecular weight excluding hydrogens is 274 g/mol. The van der Waals surface area contributed by atoms with Crippen molar-refractivity contribution >= 4 is 6.03 Å². The van der Waals surface area contributed by atoms with Gasteiger partial charge in [0.2, 0.25) is 0 Å². The molecule has 1 aromatic carbocycles. The van der Waals surface area contributed by atoms with Gasteiger partial charge in [0.15, 0.2) is 0 Å². The SMILES string of the molecule is CN(C(=O)n1nnn(-c2ccccc2)c1=O)C1CCOC1. The van der Waals surface area contributed by atoms with E-state index in [9.17, 15) is 9.59 Å². The van der Waals surface area contributed by atoms with E-state index in [1.807, 2.05) is 6.07 Å². The summed E-state index contributed by atoms with van der Waals surface area (Å²) in [5, 5.41) is 7.42. The van der Waals surface area contributed by atoms with Gasteiger partial charge >= 0.3 is 11.7 Å². The number of amides is 1. The highest BCUT2D eigenvalue weighted by atomic mass is 16.5. The fraction of sp³-hybridized carbons (Fsp3) is 0.385. The van der Waals surface area contributed by atoms with Gasteiger partial charge in [0.05, 0.1) is 18.3 Å². The molecule has 0 aliphatic carbocycles. The van der Waals surface area contributed by atoms with E-state index < -0.39 is 11.7 Å². The van der Waals surface area contributed by atoms with Crippen molar-refractivity contribution in [1.82, 2.24) is 24.7 Å². The van der Waals surface area contributed by atoms with Crippen molar-refractivity contribution in [3.05, 3.63) is 40.8 Å². The van der Waals surface area contributed by atoms with Gasteiger partial charge in [-0.1, -0.05) is 18.2 Å². The van der Waals surface area contributed by atoms with E-state index in [1.165, 1.54) is 4.90 Å². The van der Waals surface area contributed by atoms with Gasteiger partial charge in [0, 0.05) is 13.7 Å². The largest absolute Gasteiger partial charge is 0.379 e. The molecule has 1 atom stereocenters. The van der Waals surface area contributed by atoms with Crippen LogP contribution in [0.1, 0.15) is 6.42 Å². The van der Waals surface area contributed by atoms with Crippen LogP contribution in [0.5, 0.6) is 0 Å². The van der Waals surface area contributed by atoms with E-state index in [4.69, 9.17) is 4.74 Å². The van der Waals surface area contributed by atoms with Crippen LogP contribution >= 0.6 is 0 Å². The van der Waals surface area contributed by atoms with Crippen LogP contribution in [0.3, 0.4) is 0 Å². The van der Waals surface area contributed by atoms with Crippen molar-refractivity contribution in [3.8, 4) is 5.69 Å². The fourth-order valence-electron chi connectivity index (χ4n) is 2.23. The van der Waals surface area contributed by atoms with Crippen molar-refractivity contribution < 1.29 is 9.53 Å². The number of rotatable bonds is 2. The Labute approximate surface area is 120 Å². The highest BCUT2D eigenvalue weighted by molar-refractivity contribution is 5.75. The van der Waals surface area contributed by atoms with E-state index >= 15 is 0 Å². The van der Waals surface area contributed by atoms with Gasteiger partial charge in [-0.15, -0.1) is 4.68 Å². The summed E-state index contributed by atoms with van der Waals surface area (Å²) in [7, 11) is 1.63. The lowest BCUT2D eigenvalue weighted by Crippen LogP contribution is -2.44. The Balaban J connectivity index is 1.88. The Morgan fingerprint density at radius 2 is 2.10 bits per heavy atom. The first-order valence-electron chi connectivity index (χ1n) is 6.64. The van der Waals surface area contributed by atoms with E-state index in [0.29, 0.717) is 18.9 Å². The number of benzene rings is 1. The molecule has 0 bridgehead atoms. The maximum Gasteiger partial charge on any atom is 0.377 e. The van der Waals surface area contributed by atoms with Gasteiger partial charge in [-0.05, 0) is 29.0 Å². The molecule has 0 N–H and O–H groups in total. The Kier molecular flexibility index (Phi) is 3.53. The third-order valence-corrected chi connectivity index (χ3v) is 3.52. The lowest BCUT2D eigenvalue weighted by atomic mass is 10.2. The number of ether oxygens (including phenoxy) is 1. The number of para-hydroxylation sites is 1. The molecule has 1 unspecified atom stereocenters. The molecule has 8 nitrogen and oxygen atoms in total. The predicted octanol–water partition coefficient (Wildman–Crippen LogP) is 0.118. The summed E-state index contributed by atoms with van der Waals surface area (Å²) in [4.78, 5) is 26.0. The predicted molar refractivity (Wildman–Crippen MR) is 73.4 cm³/mol. The summed E-state index contributed by atoms with van der Waals surface area (Å²) >= 11 is 0. The maximum atomic E-state index is 12.3. The van der Waals surface area contributed by atoms with E-state index in [1.54, 1.807) is 31.3 Å². The van der Waals surface area contributed by atoms with Crippen molar-refractivity contribution in [2.45, 2.75) is 12.5 Å². The third-order valence-electron chi connectivity index (χ3n) is 3.52. The standard InChI is InChI=1S/C13H15N5O3/c1-16(11-7-8-21-9-11)12(19)18-13(20)17(14-15-18)10-5-3-2-4-6-10/h2-6,11H,7-9H2,1H3. The summed E-state index contributed by atoms with van der Waals surface area (Å²) in [6.45, 7) is 1.09. The summed E-state index contributed by atoms with van der Waals surface area (Å²) in [5.41, 5.74) is -0.0228. The molecule has 21 heavy (non-hydrogen) atoms. The smallest absolute Gasteiger partial charge is 0.377 e. The molecule has 0 spiro atoms. The molecule has 2 aromatic rings. The minimum atomic E-state index is -0.586. The zero-order valence-electron chi connectivity index (χ0n) is 11.5. The van der Waals surface area contributed by atoms with E-state index in [2.05, 4.69) is 10.4 Å². The number of aromatic nitrogens is 4. The van der Waals surface area contributed by atoms with Crippen LogP contribution in [0.15, 0.2) is 35.1 Å². The van der Waals surface area contributed by atoms with Crippen LogP contribution in [0, 0.1) is 0 Å². The van der Waals surface area contributed by atoms with Crippen LogP contribution in [0.2, 0.25) is 0 Å². The van der Waals surface area contributed by atoms with E-state index in [-0.39, 0.29) is 6.04 Å². The zero-order chi connectivity index (χ0) is 14.8. The lowest BCUT2D eigenvalue weighted by Gasteiger charge is -2.21. The number of carbonyl (C=O) groups is 1. The molecule has 1 fully saturated rings. The van der Waals surface area contributed by atoms with Gasteiger partial charge in [0.25, 0.3) is 0 Å². The highest BCUT2D eigenvalue weighted by Crippen LogP contribution is 2.11.